The Morgan fingerprint density at radius 1 is 0.465 bits per heavy atom. The van der Waals surface area contributed by atoms with Crippen LogP contribution in [0.1, 0.15) is 11.1 Å². The van der Waals surface area contributed by atoms with Gasteiger partial charge in [0.25, 0.3) is 0 Å². The number of hydrogen-bond donors (Lipinski definition) is 0. The largest absolute Gasteiger partial charge is 0.309 e. The molecule has 0 bridgehead atoms. The molecule has 3 heterocycles. The van der Waals surface area contributed by atoms with Gasteiger partial charge in [-0.15, -0.1) is 11.3 Å². The van der Waals surface area contributed by atoms with E-state index in [-0.39, 0.29) is 0 Å². The molecular formula is C38H20N4S. The van der Waals surface area contributed by atoms with E-state index in [0.717, 1.165) is 59.7 Å². The summed E-state index contributed by atoms with van der Waals surface area (Å²) in [7, 11) is 0. The molecule has 3 aromatic heterocycles. The Balaban J connectivity index is 1.49. The lowest BCUT2D eigenvalue weighted by Gasteiger charge is -2.14. The Hall–Kier alpha value is -5.88. The van der Waals surface area contributed by atoms with Crippen molar-refractivity contribution in [2.45, 2.75) is 0 Å². The number of fused-ring (bicyclic) bond motifs is 9. The normalized spacial score (nSPS) is 11.7. The smallest absolute Gasteiger partial charge is 0.0991 e. The molecule has 6 aromatic carbocycles. The summed E-state index contributed by atoms with van der Waals surface area (Å²) in [4.78, 5) is 0. The molecule has 0 N–H and O–H groups in total. The summed E-state index contributed by atoms with van der Waals surface area (Å²) in [5, 5.41) is 26.2. The zero-order valence-electron chi connectivity index (χ0n) is 22.7. The van der Waals surface area contributed by atoms with Crippen molar-refractivity contribution in [1.29, 1.82) is 10.5 Å². The summed E-state index contributed by atoms with van der Waals surface area (Å²) in [6, 6.07) is 46.7. The van der Waals surface area contributed by atoms with Gasteiger partial charge in [0.15, 0.2) is 0 Å². The Morgan fingerprint density at radius 2 is 1.00 bits per heavy atom. The van der Waals surface area contributed by atoms with E-state index in [1.54, 1.807) is 11.3 Å². The second-order valence-electron chi connectivity index (χ2n) is 10.8. The monoisotopic (exact) mass is 564 g/mol. The maximum absolute atomic E-state index is 9.75. The second kappa shape index (κ2) is 8.81. The number of benzene rings is 6. The van der Waals surface area contributed by atoms with Gasteiger partial charge in [-0.1, -0.05) is 54.6 Å². The Bertz CT molecular complexity index is 2650. The molecule has 0 radical (unpaired) electrons. The molecule has 198 valence electrons. The molecule has 9 rings (SSSR count). The van der Waals surface area contributed by atoms with Gasteiger partial charge in [-0.25, -0.2) is 0 Å². The average molecular weight is 565 g/mol. The minimum absolute atomic E-state index is 0.643. The van der Waals surface area contributed by atoms with E-state index >= 15 is 0 Å². The predicted octanol–water partition coefficient (Wildman–Crippen LogP) is 9.99. The summed E-state index contributed by atoms with van der Waals surface area (Å²) in [5.41, 5.74) is 7.85. The van der Waals surface area contributed by atoms with Crippen molar-refractivity contribution in [2.75, 3.05) is 0 Å². The van der Waals surface area contributed by atoms with Crippen molar-refractivity contribution in [2.24, 2.45) is 0 Å². The Kier molecular flexibility index (Phi) is 4.87. The molecule has 0 saturated carbocycles. The first-order chi connectivity index (χ1) is 21.2. The first-order valence-electron chi connectivity index (χ1n) is 14.1. The standard InChI is InChI=1S/C38H20N4S/c39-21-23-13-15-35-29(17-23)28-9-3-4-10-32(28)41(35)25-19-31-30-18-24(22-40)14-16-37(30)43-38(31)36(20-25)42-33-11-5-1-7-26(33)27-8-2-6-12-34(27)42/h1-20H. The van der Waals surface area contributed by atoms with E-state index in [9.17, 15) is 10.5 Å². The van der Waals surface area contributed by atoms with E-state index in [1.165, 1.54) is 15.5 Å². The zero-order chi connectivity index (χ0) is 28.7. The van der Waals surface area contributed by atoms with Crippen LogP contribution in [-0.2, 0) is 0 Å². The lowest BCUT2D eigenvalue weighted by molar-refractivity contribution is 1.15. The molecule has 0 saturated heterocycles. The third kappa shape index (κ3) is 3.29. The molecule has 0 aliphatic heterocycles. The fourth-order valence-corrected chi connectivity index (χ4v) is 7.88. The van der Waals surface area contributed by atoms with Gasteiger partial charge in [0.05, 0.1) is 55.7 Å². The second-order valence-corrected chi connectivity index (χ2v) is 11.9. The van der Waals surface area contributed by atoms with Crippen LogP contribution in [0.4, 0.5) is 0 Å². The highest BCUT2D eigenvalue weighted by molar-refractivity contribution is 7.26. The highest BCUT2D eigenvalue weighted by atomic mass is 32.1. The zero-order valence-corrected chi connectivity index (χ0v) is 23.6. The van der Waals surface area contributed by atoms with Gasteiger partial charge in [0.1, 0.15) is 0 Å². The number of aromatic nitrogens is 2. The van der Waals surface area contributed by atoms with Crippen molar-refractivity contribution < 1.29 is 0 Å². The van der Waals surface area contributed by atoms with Gasteiger partial charge in [0, 0.05) is 42.7 Å². The average Bonchev–Trinajstić information content (AvgIpc) is 3.71. The van der Waals surface area contributed by atoms with Crippen LogP contribution >= 0.6 is 11.3 Å². The molecular weight excluding hydrogens is 545 g/mol. The molecule has 43 heavy (non-hydrogen) atoms. The Labute approximate surface area is 250 Å². The van der Waals surface area contributed by atoms with Crippen LogP contribution in [0.15, 0.2) is 121 Å². The van der Waals surface area contributed by atoms with E-state index in [4.69, 9.17) is 0 Å². The SMILES string of the molecule is N#Cc1ccc2sc3c(-n4c5ccccc5c5ccccc54)cc(-n4c5ccccc5c5cc(C#N)ccc54)cc3c2c1. The van der Waals surface area contributed by atoms with Crippen LogP contribution in [-0.4, -0.2) is 9.13 Å². The van der Waals surface area contributed by atoms with E-state index in [2.05, 4.69) is 112 Å². The van der Waals surface area contributed by atoms with Crippen LogP contribution in [0.3, 0.4) is 0 Å². The molecule has 0 unspecified atom stereocenters. The molecule has 0 amide bonds. The number of rotatable bonds is 2. The summed E-state index contributed by atoms with van der Waals surface area (Å²) in [6.45, 7) is 0. The van der Waals surface area contributed by atoms with Crippen molar-refractivity contribution >= 4 is 75.1 Å². The van der Waals surface area contributed by atoms with Gasteiger partial charge in [0.2, 0.25) is 0 Å². The first-order valence-corrected chi connectivity index (χ1v) is 14.9. The van der Waals surface area contributed by atoms with Crippen molar-refractivity contribution in [3.8, 4) is 23.5 Å². The molecule has 0 fully saturated rings. The molecule has 5 heteroatoms. The number of nitriles is 2. The maximum Gasteiger partial charge on any atom is 0.0991 e. The summed E-state index contributed by atoms with van der Waals surface area (Å²) in [6.07, 6.45) is 0. The number of para-hydroxylation sites is 3. The van der Waals surface area contributed by atoms with E-state index in [0.29, 0.717) is 11.1 Å². The number of thiophene rings is 1. The first kappa shape index (κ1) is 23.8. The molecule has 0 spiro atoms. The van der Waals surface area contributed by atoms with Crippen LogP contribution < -0.4 is 0 Å². The quantitative estimate of drug-likeness (QED) is 0.210. The highest BCUT2D eigenvalue weighted by Gasteiger charge is 2.20. The third-order valence-electron chi connectivity index (χ3n) is 8.55. The van der Waals surface area contributed by atoms with Crippen LogP contribution in [0.2, 0.25) is 0 Å². The highest BCUT2D eigenvalue weighted by Crippen LogP contribution is 2.43. The maximum atomic E-state index is 9.75. The van der Waals surface area contributed by atoms with Gasteiger partial charge in [-0.2, -0.15) is 10.5 Å². The predicted molar refractivity (Wildman–Crippen MR) is 177 cm³/mol. The molecule has 0 atom stereocenters. The van der Waals surface area contributed by atoms with E-state index in [1.807, 2.05) is 30.3 Å². The molecule has 0 aliphatic rings. The van der Waals surface area contributed by atoms with Crippen molar-refractivity contribution in [3.63, 3.8) is 0 Å². The van der Waals surface area contributed by atoms with Gasteiger partial charge in [-0.3, -0.25) is 0 Å². The molecule has 9 aromatic rings. The van der Waals surface area contributed by atoms with Gasteiger partial charge in [-0.05, 0) is 66.7 Å². The summed E-state index contributed by atoms with van der Waals surface area (Å²) in [5.74, 6) is 0. The van der Waals surface area contributed by atoms with Crippen LogP contribution in [0.5, 0.6) is 0 Å². The number of nitrogens with zero attached hydrogens (tertiary/aromatic N) is 4. The lowest BCUT2D eigenvalue weighted by Crippen LogP contribution is -1.99. The third-order valence-corrected chi connectivity index (χ3v) is 9.75. The van der Waals surface area contributed by atoms with Crippen molar-refractivity contribution in [1.82, 2.24) is 9.13 Å². The van der Waals surface area contributed by atoms with Crippen molar-refractivity contribution in [3.05, 3.63) is 132 Å². The number of hydrogen-bond acceptors (Lipinski definition) is 3. The minimum Gasteiger partial charge on any atom is -0.309 e. The van der Waals surface area contributed by atoms with E-state index < -0.39 is 0 Å². The Morgan fingerprint density at radius 3 is 1.65 bits per heavy atom. The molecule has 4 nitrogen and oxygen atoms in total. The van der Waals surface area contributed by atoms with Gasteiger partial charge >= 0.3 is 0 Å². The fraction of sp³-hybridized carbons (Fsp3) is 0. The topological polar surface area (TPSA) is 57.4 Å². The molecule has 0 aliphatic carbocycles. The lowest BCUT2D eigenvalue weighted by atomic mass is 10.1. The minimum atomic E-state index is 0.643. The fourth-order valence-electron chi connectivity index (χ4n) is 6.71. The van der Waals surface area contributed by atoms with Gasteiger partial charge < -0.3 is 9.13 Å². The van der Waals surface area contributed by atoms with Crippen LogP contribution in [0, 0.1) is 22.7 Å². The van der Waals surface area contributed by atoms with Crippen LogP contribution in [0.25, 0.3) is 75.2 Å². The summed E-state index contributed by atoms with van der Waals surface area (Å²) >= 11 is 1.77. The summed E-state index contributed by atoms with van der Waals surface area (Å²) < 4.78 is 7.01.